The van der Waals surface area contributed by atoms with Crippen molar-refractivity contribution in [2.24, 2.45) is 0 Å². The number of hydrogen-bond acceptors (Lipinski definition) is 5. The summed E-state index contributed by atoms with van der Waals surface area (Å²) >= 11 is 0. The molecule has 1 heterocycles. The molecular weight excluding hydrogens is 274 g/mol. The molecular formula is C15H19NO5. The molecule has 1 aliphatic heterocycles. The van der Waals surface area contributed by atoms with Crippen molar-refractivity contribution in [2.75, 3.05) is 6.61 Å². The molecule has 0 bridgehead atoms. The summed E-state index contributed by atoms with van der Waals surface area (Å²) in [7, 11) is 0. The van der Waals surface area contributed by atoms with Gasteiger partial charge in [-0.25, -0.2) is 0 Å². The van der Waals surface area contributed by atoms with Gasteiger partial charge in [0.2, 0.25) is 0 Å². The van der Waals surface area contributed by atoms with Gasteiger partial charge in [0.05, 0.1) is 17.1 Å². The summed E-state index contributed by atoms with van der Waals surface area (Å²) in [5.41, 5.74) is 0.487. The SMILES string of the molecule is O=[N+]([O-])c1ccccc1[C@@H]1OC2(CCCCC2)O[C@H]1CO. The van der Waals surface area contributed by atoms with Crippen molar-refractivity contribution in [3.63, 3.8) is 0 Å². The fourth-order valence-corrected chi connectivity index (χ4v) is 3.29. The van der Waals surface area contributed by atoms with Gasteiger partial charge in [-0.2, -0.15) is 0 Å². The molecule has 1 spiro atoms. The normalized spacial score (nSPS) is 27.9. The summed E-state index contributed by atoms with van der Waals surface area (Å²) in [6.45, 7) is -0.210. The highest BCUT2D eigenvalue weighted by Crippen LogP contribution is 2.47. The zero-order valence-corrected chi connectivity index (χ0v) is 11.7. The molecule has 0 amide bonds. The van der Waals surface area contributed by atoms with Gasteiger partial charge in [-0.3, -0.25) is 10.1 Å². The fourth-order valence-electron chi connectivity index (χ4n) is 3.29. The standard InChI is InChI=1S/C15H19NO5/c17-10-13-14(11-6-2-3-7-12(11)16(18)19)21-15(20-13)8-4-1-5-9-15/h2-3,6-7,13-14,17H,1,4-5,8-10H2/t13-,14-/m0/s1. The van der Waals surface area contributed by atoms with Crippen molar-refractivity contribution < 1.29 is 19.5 Å². The first-order chi connectivity index (χ1) is 10.2. The van der Waals surface area contributed by atoms with Crippen LogP contribution in [0.2, 0.25) is 0 Å². The van der Waals surface area contributed by atoms with E-state index in [4.69, 9.17) is 9.47 Å². The highest BCUT2D eigenvalue weighted by Gasteiger charge is 2.49. The summed E-state index contributed by atoms with van der Waals surface area (Å²) in [4.78, 5) is 10.8. The van der Waals surface area contributed by atoms with Crippen LogP contribution in [-0.4, -0.2) is 28.5 Å². The molecule has 0 unspecified atom stereocenters. The van der Waals surface area contributed by atoms with E-state index in [1.54, 1.807) is 18.2 Å². The predicted octanol–water partition coefficient (Wildman–Crippen LogP) is 2.70. The van der Waals surface area contributed by atoms with Gasteiger partial charge in [0.25, 0.3) is 5.69 Å². The molecule has 1 aliphatic carbocycles. The van der Waals surface area contributed by atoms with E-state index in [2.05, 4.69) is 0 Å². The van der Waals surface area contributed by atoms with Crippen LogP contribution in [0.25, 0.3) is 0 Å². The van der Waals surface area contributed by atoms with Crippen LogP contribution in [0.1, 0.15) is 43.8 Å². The van der Waals surface area contributed by atoms with Crippen LogP contribution in [-0.2, 0) is 9.47 Å². The molecule has 2 aliphatic rings. The van der Waals surface area contributed by atoms with Gasteiger partial charge in [0.15, 0.2) is 5.79 Å². The lowest BCUT2D eigenvalue weighted by atomic mass is 9.94. The Morgan fingerprint density at radius 3 is 2.62 bits per heavy atom. The minimum absolute atomic E-state index is 0.0115. The number of nitro groups is 1. The van der Waals surface area contributed by atoms with Gasteiger partial charge in [-0.1, -0.05) is 18.6 Å². The smallest absolute Gasteiger partial charge is 0.275 e. The van der Waals surface area contributed by atoms with E-state index in [0.717, 1.165) is 32.1 Å². The average molecular weight is 293 g/mol. The van der Waals surface area contributed by atoms with Crippen LogP contribution < -0.4 is 0 Å². The van der Waals surface area contributed by atoms with Gasteiger partial charge in [0, 0.05) is 18.9 Å². The largest absolute Gasteiger partial charge is 0.394 e. The van der Waals surface area contributed by atoms with Gasteiger partial charge in [0.1, 0.15) is 12.2 Å². The molecule has 2 atom stereocenters. The van der Waals surface area contributed by atoms with Crippen molar-refractivity contribution in [3.05, 3.63) is 39.9 Å². The number of nitrogens with zero attached hydrogens (tertiary/aromatic N) is 1. The van der Waals surface area contributed by atoms with E-state index in [-0.39, 0.29) is 12.3 Å². The number of rotatable bonds is 3. The van der Waals surface area contributed by atoms with E-state index < -0.39 is 22.9 Å². The summed E-state index contributed by atoms with van der Waals surface area (Å²) in [5.74, 6) is -0.681. The number of hydrogen-bond donors (Lipinski definition) is 1. The molecule has 1 aromatic carbocycles. The second-order valence-electron chi connectivity index (χ2n) is 5.66. The maximum Gasteiger partial charge on any atom is 0.275 e. The van der Waals surface area contributed by atoms with Crippen LogP contribution in [0.15, 0.2) is 24.3 Å². The van der Waals surface area contributed by atoms with Crippen LogP contribution in [0, 0.1) is 10.1 Å². The van der Waals surface area contributed by atoms with Crippen molar-refractivity contribution in [1.82, 2.24) is 0 Å². The van der Waals surface area contributed by atoms with E-state index in [0.29, 0.717) is 5.56 Å². The third-order valence-electron chi connectivity index (χ3n) is 4.28. The molecule has 1 N–H and O–H groups in total. The Morgan fingerprint density at radius 1 is 1.24 bits per heavy atom. The molecule has 1 saturated heterocycles. The Kier molecular flexibility index (Phi) is 3.93. The number of ether oxygens (including phenoxy) is 2. The second kappa shape index (κ2) is 5.71. The lowest BCUT2D eigenvalue weighted by Crippen LogP contribution is -2.33. The number of nitro benzene ring substituents is 1. The Bertz CT molecular complexity index is 527. The van der Waals surface area contributed by atoms with Crippen molar-refractivity contribution >= 4 is 5.69 Å². The van der Waals surface area contributed by atoms with E-state index in [9.17, 15) is 15.2 Å². The molecule has 3 rings (SSSR count). The number of benzene rings is 1. The number of aliphatic hydroxyl groups excluding tert-OH is 1. The lowest BCUT2D eigenvalue weighted by molar-refractivity contribution is -0.386. The highest BCUT2D eigenvalue weighted by molar-refractivity contribution is 5.42. The van der Waals surface area contributed by atoms with Crippen LogP contribution in [0.3, 0.4) is 0 Å². The van der Waals surface area contributed by atoms with E-state index in [1.165, 1.54) is 6.07 Å². The van der Waals surface area contributed by atoms with Crippen molar-refractivity contribution in [3.8, 4) is 0 Å². The third-order valence-corrected chi connectivity index (χ3v) is 4.28. The molecule has 2 fully saturated rings. The number of para-hydroxylation sites is 1. The van der Waals surface area contributed by atoms with E-state index in [1.807, 2.05) is 0 Å². The van der Waals surface area contributed by atoms with Gasteiger partial charge < -0.3 is 14.6 Å². The Hall–Kier alpha value is -1.50. The molecule has 0 aromatic heterocycles. The molecule has 0 radical (unpaired) electrons. The fraction of sp³-hybridized carbons (Fsp3) is 0.600. The van der Waals surface area contributed by atoms with Crippen molar-refractivity contribution in [2.45, 2.75) is 50.1 Å². The molecule has 6 heteroatoms. The minimum atomic E-state index is -0.681. The number of aliphatic hydroxyl groups is 1. The summed E-state index contributed by atoms with van der Waals surface area (Å²) < 4.78 is 12.0. The average Bonchev–Trinajstić information content (AvgIpc) is 2.86. The van der Waals surface area contributed by atoms with Crippen LogP contribution >= 0.6 is 0 Å². The predicted molar refractivity (Wildman–Crippen MR) is 74.7 cm³/mol. The summed E-state index contributed by atoms with van der Waals surface area (Å²) in [6.07, 6.45) is 3.60. The molecule has 21 heavy (non-hydrogen) atoms. The molecule has 114 valence electrons. The second-order valence-corrected chi connectivity index (χ2v) is 5.66. The zero-order valence-electron chi connectivity index (χ0n) is 11.7. The first-order valence-electron chi connectivity index (χ1n) is 7.35. The molecule has 6 nitrogen and oxygen atoms in total. The zero-order chi connectivity index (χ0) is 14.9. The maximum absolute atomic E-state index is 11.2. The van der Waals surface area contributed by atoms with Crippen LogP contribution in [0.5, 0.6) is 0 Å². The lowest BCUT2D eigenvalue weighted by Gasteiger charge is -2.31. The van der Waals surface area contributed by atoms with Gasteiger partial charge in [-0.15, -0.1) is 0 Å². The Morgan fingerprint density at radius 2 is 1.95 bits per heavy atom. The molecule has 1 saturated carbocycles. The third kappa shape index (κ3) is 2.66. The van der Waals surface area contributed by atoms with Crippen LogP contribution in [0.4, 0.5) is 5.69 Å². The van der Waals surface area contributed by atoms with Gasteiger partial charge >= 0.3 is 0 Å². The minimum Gasteiger partial charge on any atom is -0.394 e. The quantitative estimate of drug-likeness (QED) is 0.684. The van der Waals surface area contributed by atoms with Crippen molar-refractivity contribution in [1.29, 1.82) is 0 Å². The summed E-state index contributed by atoms with van der Waals surface area (Å²) in [5, 5.41) is 20.8. The topological polar surface area (TPSA) is 81.8 Å². The van der Waals surface area contributed by atoms with Gasteiger partial charge in [-0.05, 0) is 18.9 Å². The maximum atomic E-state index is 11.2. The Balaban J connectivity index is 1.92. The Labute approximate surface area is 122 Å². The first-order valence-corrected chi connectivity index (χ1v) is 7.35. The monoisotopic (exact) mass is 293 g/mol. The van der Waals surface area contributed by atoms with E-state index >= 15 is 0 Å². The highest BCUT2D eigenvalue weighted by atomic mass is 16.8. The first kappa shape index (κ1) is 14.4. The summed E-state index contributed by atoms with van der Waals surface area (Å²) in [6, 6.07) is 6.50. The molecule has 1 aromatic rings.